The third-order valence-corrected chi connectivity index (χ3v) is 3.27. The van der Waals surface area contributed by atoms with E-state index in [9.17, 15) is 14.0 Å². The zero-order valence-electron chi connectivity index (χ0n) is 10.2. The number of Topliss-reactive ketones (excluding diaryl/α,β-unsaturated/α-hetero) is 1. The molecule has 1 aliphatic rings. The minimum atomic E-state index is -0.998. The summed E-state index contributed by atoms with van der Waals surface area (Å²) in [6.45, 7) is 1.71. The first-order chi connectivity index (χ1) is 8.63. The number of hydrogen-bond acceptors (Lipinski definition) is 3. The van der Waals surface area contributed by atoms with Gasteiger partial charge < -0.3 is 4.74 Å². The van der Waals surface area contributed by atoms with Gasteiger partial charge in [-0.05, 0) is 43.4 Å². The summed E-state index contributed by atoms with van der Waals surface area (Å²) in [5.74, 6) is -2.19. The van der Waals surface area contributed by atoms with Crippen LogP contribution in [0.2, 0.25) is 0 Å². The number of ether oxygens (including phenoxy) is 1. The second kappa shape index (κ2) is 5.29. The number of hydrogen-bond donors (Lipinski definition) is 0. The summed E-state index contributed by atoms with van der Waals surface area (Å²) in [6.07, 6.45) is 3.26. The third-order valence-electron chi connectivity index (χ3n) is 3.27. The van der Waals surface area contributed by atoms with Gasteiger partial charge in [0.15, 0.2) is 0 Å². The Morgan fingerprint density at radius 1 is 1.39 bits per heavy atom. The monoisotopic (exact) mass is 250 g/mol. The molecule has 0 amide bonds. The fraction of sp³-hybridized carbons (Fsp3) is 0.429. The van der Waals surface area contributed by atoms with Crippen LogP contribution >= 0.6 is 0 Å². The number of ketones is 1. The van der Waals surface area contributed by atoms with E-state index in [1.54, 1.807) is 13.0 Å². The van der Waals surface area contributed by atoms with Crippen molar-refractivity contribution in [1.82, 2.24) is 0 Å². The average Bonchev–Trinajstić information content (AvgIpc) is 2.28. The largest absolute Gasteiger partial charge is 0.460 e. The average molecular weight is 250 g/mol. The topological polar surface area (TPSA) is 43.4 Å². The van der Waals surface area contributed by atoms with Crippen LogP contribution in [0.4, 0.5) is 4.39 Å². The maximum Gasteiger partial charge on any atom is 0.379 e. The summed E-state index contributed by atoms with van der Waals surface area (Å²) in [4.78, 5) is 23.0. The van der Waals surface area contributed by atoms with Gasteiger partial charge in [-0.1, -0.05) is 12.5 Å². The Morgan fingerprint density at radius 2 is 2.11 bits per heavy atom. The molecule has 1 aliphatic carbocycles. The van der Waals surface area contributed by atoms with Crippen molar-refractivity contribution in [2.75, 3.05) is 6.61 Å². The van der Waals surface area contributed by atoms with E-state index >= 15 is 0 Å². The molecule has 0 aromatic heterocycles. The Balaban J connectivity index is 2.25. The first-order valence-electron chi connectivity index (χ1n) is 6.14. The number of carbonyl (C=O) groups is 2. The summed E-state index contributed by atoms with van der Waals surface area (Å²) < 4.78 is 18.2. The minimum absolute atomic E-state index is 0.106. The Labute approximate surface area is 105 Å². The number of rotatable bonds is 4. The molecule has 0 heterocycles. The highest BCUT2D eigenvalue weighted by atomic mass is 19.1. The molecule has 0 N–H and O–H groups in total. The summed E-state index contributed by atoms with van der Waals surface area (Å²) in [6, 6.07) is 4.42. The van der Waals surface area contributed by atoms with Gasteiger partial charge in [0, 0.05) is 0 Å². The molecule has 1 fully saturated rings. The number of esters is 1. The maximum atomic E-state index is 13.6. The minimum Gasteiger partial charge on any atom is -0.460 e. The highest BCUT2D eigenvalue weighted by Gasteiger charge is 2.25. The summed E-state index contributed by atoms with van der Waals surface area (Å²) in [5, 5.41) is 0. The summed E-state index contributed by atoms with van der Waals surface area (Å²) in [7, 11) is 0. The van der Waals surface area contributed by atoms with Crippen molar-refractivity contribution < 1.29 is 18.7 Å². The summed E-state index contributed by atoms with van der Waals surface area (Å²) >= 11 is 0. The molecule has 1 aromatic rings. The molecule has 3 nitrogen and oxygen atoms in total. The highest BCUT2D eigenvalue weighted by molar-refractivity contribution is 6.40. The highest BCUT2D eigenvalue weighted by Crippen LogP contribution is 2.36. The van der Waals surface area contributed by atoms with Crippen molar-refractivity contribution in [2.24, 2.45) is 0 Å². The fourth-order valence-corrected chi connectivity index (χ4v) is 2.02. The van der Waals surface area contributed by atoms with Crippen LogP contribution in [0.5, 0.6) is 0 Å². The molecule has 0 spiro atoms. The van der Waals surface area contributed by atoms with Gasteiger partial charge in [-0.25, -0.2) is 9.18 Å². The lowest BCUT2D eigenvalue weighted by Gasteiger charge is -2.26. The van der Waals surface area contributed by atoms with Gasteiger partial charge in [0.2, 0.25) is 0 Å². The Bertz CT molecular complexity index is 478. The van der Waals surface area contributed by atoms with Gasteiger partial charge in [0.1, 0.15) is 5.82 Å². The summed E-state index contributed by atoms with van der Waals surface area (Å²) in [5.41, 5.74) is 0.744. The van der Waals surface area contributed by atoms with Crippen molar-refractivity contribution in [2.45, 2.75) is 32.1 Å². The number of carbonyl (C=O) groups excluding carboxylic acids is 2. The van der Waals surface area contributed by atoms with E-state index in [4.69, 9.17) is 0 Å². The van der Waals surface area contributed by atoms with Crippen LogP contribution in [0.3, 0.4) is 0 Å². The lowest BCUT2D eigenvalue weighted by atomic mass is 9.79. The van der Waals surface area contributed by atoms with E-state index in [2.05, 4.69) is 4.74 Å². The fourth-order valence-electron chi connectivity index (χ4n) is 2.02. The molecule has 2 rings (SSSR count). The molecule has 96 valence electrons. The molecule has 0 atom stereocenters. The van der Waals surface area contributed by atoms with Crippen molar-refractivity contribution in [3.05, 3.63) is 35.1 Å². The zero-order valence-corrected chi connectivity index (χ0v) is 10.2. The van der Waals surface area contributed by atoms with Gasteiger partial charge >= 0.3 is 5.97 Å². The van der Waals surface area contributed by atoms with Gasteiger partial charge in [-0.3, -0.25) is 4.79 Å². The van der Waals surface area contributed by atoms with Crippen molar-refractivity contribution in [3.63, 3.8) is 0 Å². The van der Waals surface area contributed by atoms with Crippen molar-refractivity contribution in [3.8, 4) is 0 Å². The molecule has 18 heavy (non-hydrogen) atoms. The predicted octanol–water partition coefficient (Wildman–Crippen LogP) is 2.84. The predicted molar refractivity (Wildman–Crippen MR) is 64.0 cm³/mol. The third kappa shape index (κ3) is 2.42. The van der Waals surface area contributed by atoms with Gasteiger partial charge in [0.25, 0.3) is 5.78 Å². The van der Waals surface area contributed by atoms with Crippen molar-refractivity contribution >= 4 is 11.8 Å². The van der Waals surface area contributed by atoms with Crippen LogP contribution in [0.15, 0.2) is 18.2 Å². The maximum absolute atomic E-state index is 13.6. The Hall–Kier alpha value is -1.71. The van der Waals surface area contributed by atoms with E-state index in [-0.39, 0.29) is 12.2 Å². The second-order valence-electron chi connectivity index (χ2n) is 4.42. The first kappa shape index (κ1) is 12.7. The molecular formula is C14H15FO3. The van der Waals surface area contributed by atoms with Crippen LogP contribution < -0.4 is 0 Å². The SMILES string of the molecule is CCOC(=O)C(=O)c1cc(C2CCC2)ccc1F. The lowest BCUT2D eigenvalue weighted by molar-refractivity contribution is -0.137. The molecular weight excluding hydrogens is 235 g/mol. The van der Waals surface area contributed by atoms with Crippen LogP contribution in [-0.4, -0.2) is 18.4 Å². The second-order valence-corrected chi connectivity index (χ2v) is 4.42. The van der Waals surface area contributed by atoms with E-state index in [0.717, 1.165) is 24.8 Å². The molecule has 1 aromatic carbocycles. The number of halogens is 1. The van der Waals surface area contributed by atoms with Gasteiger partial charge in [0.05, 0.1) is 12.2 Å². The molecule has 4 heteroatoms. The van der Waals surface area contributed by atoms with E-state index in [0.29, 0.717) is 5.92 Å². The molecule has 0 aliphatic heterocycles. The molecule has 0 unspecified atom stereocenters. The Kier molecular flexibility index (Phi) is 3.75. The zero-order chi connectivity index (χ0) is 13.1. The molecule has 0 bridgehead atoms. The normalized spacial score (nSPS) is 15.0. The molecule has 0 saturated heterocycles. The molecule has 0 radical (unpaired) electrons. The van der Waals surface area contributed by atoms with E-state index in [1.165, 1.54) is 12.1 Å². The van der Waals surface area contributed by atoms with E-state index < -0.39 is 17.6 Å². The van der Waals surface area contributed by atoms with Crippen LogP contribution in [0.1, 0.15) is 48.0 Å². The molecule has 1 saturated carbocycles. The quantitative estimate of drug-likeness (QED) is 0.469. The van der Waals surface area contributed by atoms with Gasteiger partial charge in [-0.15, -0.1) is 0 Å². The lowest BCUT2D eigenvalue weighted by Crippen LogP contribution is -2.19. The van der Waals surface area contributed by atoms with Gasteiger partial charge in [-0.2, -0.15) is 0 Å². The van der Waals surface area contributed by atoms with Crippen molar-refractivity contribution in [1.29, 1.82) is 0 Å². The van der Waals surface area contributed by atoms with Crippen LogP contribution in [-0.2, 0) is 9.53 Å². The number of benzene rings is 1. The smallest absolute Gasteiger partial charge is 0.379 e. The van der Waals surface area contributed by atoms with E-state index in [1.807, 2.05) is 0 Å². The Morgan fingerprint density at radius 3 is 2.67 bits per heavy atom. The van der Waals surface area contributed by atoms with Crippen LogP contribution in [0.25, 0.3) is 0 Å². The first-order valence-corrected chi connectivity index (χ1v) is 6.14. The van der Waals surface area contributed by atoms with Crippen LogP contribution in [0, 0.1) is 5.82 Å². The standard InChI is InChI=1S/C14H15FO3/c1-2-18-14(17)13(16)11-8-10(6-7-12(11)15)9-4-3-5-9/h6-9H,2-5H2,1H3.